The fraction of sp³-hybridized carbons (Fsp3) is 0.0588. The van der Waals surface area contributed by atoms with Crippen LogP contribution in [0, 0.1) is 0 Å². The first-order valence-electron chi connectivity index (χ1n) is 6.94. The van der Waals surface area contributed by atoms with E-state index in [1.807, 2.05) is 0 Å². The van der Waals surface area contributed by atoms with Crippen LogP contribution in [0.15, 0.2) is 68.7 Å². The largest absolute Gasteiger partial charge is 0.423 e. The predicted molar refractivity (Wildman–Crippen MR) is 86.7 cm³/mol. The van der Waals surface area contributed by atoms with Crippen molar-refractivity contribution >= 4 is 26.9 Å². The highest BCUT2D eigenvalue weighted by molar-refractivity contribution is 7.87. The second-order valence-corrected chi connectivity index (χ2v) is 6.62. The van der Waals surface area contributed by atoms with Gasteiger partial charge in [-0.25, -0.2) is 4.79 Å². The van der Waals surface area contributed by atoms with Gasteiger partial charge in [0.2, 0.25) is 0 Å². The Morgan fingerprint density at radius 3 is 2.38 bits per heavy atom. The maximum atomic E-state index is 12.3. The summed E-state index contributed by atoms with van der Waals surface area (Å²) in [6.45, 7) is 1.42. The fourth-order valence-corrected chi connectivity index (χ4v) is 3.09. The van der Waals surface area contributed by atoms with Gasteiger partial charge in [0.25, 0.3) is 0 Å². The summed E-state index contributed by atoms with van der Waals surface area (Å²) in [4.78, 5) is 22.3. The van der Waals surface area contributed by atoms with E-state index in [1.54, 1.807) is 0 Å². The SMILES string of the molecule is CC(=O)c1ccc(OS(=O)(=O)c2ccc3oc(=O)ccc3c2)cc1. The molecule has 1 heterocycles. The topological polar surface area (TPSA) is 90.7 Å². The molecule has 122 valence electrons. The molecule has 0 unspecified atom stereocenters. The van der Waals surface area contributed by atoms with Crippen molar-refractivity contribution in [1.29, 1.82) is 0 Å². The molecule has 0 amide bonds. The van der Waals surface area contributed by atoms with E-state index in [2.05, 4.69) is 0 Å². The van der Waals surface area contributed by atoms with Crippen molar-refractivity contribution in [3.05, 3.63) is 70.6 Å². The molecule has 0 atom stereocenters. The van der Waals surface area contributed by atoms with Crippen LogP contribution in [0.1, 0.15) is 17.3 Å². The fourth-order valence-electron chi connectivity index (χ4n) is 2.13. The molecule has 0 aliphatic heterocycles. The summed E-state index contributed by atoms with van der Waals surface area (Å²) in [5.74, 6) is -0.0277. The molecule has 0 fully saturated rings. The van der Waals surface area contributed by atoms with Crippen LogP contribution in [0.5, 0.6) is 5.75 Å². The molecule has 6 nitrogen and oxygen atoms in total. The first-order valence-corrected chi connectivity index (χ1v) is 8.35. The van der Waals surface area contributed by atoms with Gasteiger partial charge in [0.05, 0.1) is 0 Å². The van der Waals surface area contributed by atoms with Gasteiger partial charge in [0.1, 0.15) is 16.2 Å². The van der Waals surface area contributed by atoms with Gasteiger partial charge in [0.15, 0.2) is 5.78 Å². The van der Waals surface area contributed by atoms with Crippen LogP contribution < -0.4 is 9.81 Å². The Morgan fingerprint density at radius 1 is 1.00 bits per heavy atom. The lowest BCUT2D eigenvalue weighted by molar-refractivity contribution is 0.101. The van der Waals surface area contributed by atoms with Crippen molar-refractivity contribution in [2.24, 2.45) is 0 Å². The molecular weight excluding hydrogens is 332 g/mol. The standard InChI is InChI=1S/C17H12O6S/c1-11(18)12-2-5-14(6-3-12)23-24(20,21)15-7-8-16-13(10-15)4-9-17(19)22-16/h2-10H,1H3. The Bertz CT molecular complexity index is 1080. The van der Waals surface area contributed by atoms with Gasteiger partial charge in [-0.15, -0.1) is 0 Å². The Hall–Kier alpha value is -2.93. The third-order valence-corrected chi connectivity index (χ3v) is 4.59. The van der Waals surface area contributed by atoms with Gasteiger partial charge in [-0.3, -0.25) is 4.79 Å². The Balaban J connectivity index is 1.93. The lowest BCUT2D eigenvalue weighted by Gasteiger charge is -2.08. The third-order valence-electron chi connectivity index (χ3n) is 3.35. The van der Waals surface area contributed by atoms with Crippen molar-refractivity contribution in [2.45, 2.75) is 11.8 Å². The highest BCUT2D eigenvalue weighted by atomic mass is 32.2. The van der Waals surface area contributed by atoms with E-state index in [4.69, 9.17) is 8.60 Å². The zero-order chi connectivity index (χ0) is 17.3. The zero-order valence-corrected chi connectivity index (χ0v) is 13.4. The minimum atomic E-state index is -4.05. The average molecular weight is 344 g/mol. The number of carbonyl (C=O) groups is 1. The summed E-state index contributed by atoms with van der Waals surface area (Å²) in [6.07, 6.45) is 0. The number of benzene rings is 2. The van der Waals surface area contributed by atoms with E-state index in [1.165, 1.54) is 61.5 Å². The highest BCUT2D eigenvalue weighted by Gasteiger charge is 2.17. The third kappa shape index (κ3) is 3.21. The minimum absolute atomic E-state index is 0.0699. The summed E-state index contributed by atoms with van der Waals surface area (Å²) in [6, 6.07) is 12.5. The number of hydrogen-bond donors (Lipinski definition) is 0. The molecule has 2 aromatic carbocycles. The Kier molecular flexibility index (Phi) is 3.94. The van der Waals surface area contributed by atoms with Gasteiger partial charge < -0.3 is 8.60 Å². The first-order chi connectivity index (χ1) is 11.3. The van der Waals surface area contributed by atoms with Crippen LogP contribution in [0.2, 0.25) is 0 Å². The Morgan fingerprint density at radius 2 is 1.71 bits per heavy atom. The zero-order valence-electron chi connectivity index (χ0n) is 12.6. The van der Waals surface area contributed by atoms with Gasteiger partial charge in [0, 0.05) is 17.0 Å². The summed E-state index contributed by atoms with van der Waals surface area (Å²) in [5.41, 5.74) is 0.229. The van der Waals surface area contributed by atoms with E-state index in [0.717, 1.165) is 0 Å². The second-order valence-electron chi connectivity index (χ2n) is 5.07. The number of fused-ring (bicyclic) bond motifs is 1. The van der Waals surface area contributed by atoms with Gasteiger partial charge in [-0.1, -0.05) is 0 Å². The maximum Gasteiger partial charge on any atom is 0.339 e. The molecule has 0 aliphatic rings. The lowest BCUT2D eigenvalue weighted by atomic mass is 10.1. The number of rotatable bonds is 4. The van der Waals surface area contributed by atoms with E-state index < -0.39 is 15.7 Å². The first kappa shape index (κ1) is 15.9. The summed E-state index contributed by atoms with van der Waals surface area (Å²) < 4.78 is 34.7. The quantitative estimate of drug-likeness (QED) is 0.411. The molecule has 0 saturated heterocycles. The molecule has 0 spiro atoms. The van der Waals surface area contributed by atoms with Crippen LogP contribution in [0.3, 0.4) is 0 Å². The number of ketones is 1. The molecule has 0 saturated carbocycles. The average Bonchev–Trinajstić information content (AvgIpc) is 2.54. The van der Waals surface area contributed by atoms with Crippen LogP contribution in [0.4, 0.5) is 0 Å². The van der Waals surface area contributed by atoms with Gasteiger partial charge in [-0.05, 0) is 55.5 Å². The maximum absolute atomic E-state index is 12.3. The summed E-state index contributed by atoms with van der Waals surface area (Å²) in [7, 11) is -4.05. The molecule has 3 aromatic rings. The second kappa shape index (κ2) is 5.93. The van der Waals surface area contributed by atoms with Crippen molar-refractivity contribution < 1.29 is 21.8 Å². The molecular formula is C17H12O6S. The van der Waals surface area contributed by atoms with Gasteiger partial charge in [-0.2, -0.15) is 8.42 Å². The summed E-state index contributed by atoms with van der Waals surface area (Å²) in [5, 5.41) is 0.464. The van der Waals surface area contributed by atoms with Crippen LogP contribution in [-0.2, 0) is 10.1 Å². The molecule has 1 aromatic heterocycles. The molecule has 3 rings (SSSR count). The minimum Gasteiger partial charge on any atom is -0.423 e. The van der Waals surface area contributed by atoms with E-state index >= 15 is 0 Å². The molecule has 24 heavy (non-hydrogen) atoms. The molecule has 0 bridgehead atoms. The van der Waals surface area contributed by atoms with Gasteiger partial charge >= 0.3 is 15.7 Å². The molecule has 0 N–H and O–H groups in total. The van der Waals surface area contributed by atoms with Crippen molar-refractivity contribution in [3.8, 4) is 5.75 Å². The molecule has 0 aliphatic carbocycles. The monoisotopic (exact) mass is 344 g/mol. The molecule has 7 heteroatoms. The van der Waals surface area contributed by atoms with E-state index in [-0.39, 0.29) is 22.0 Å². The molecule has 0 radical (unpaired) electrons. The number of Topliss-reactive ketones (excluding diaryl/α,β-unsaturated/α-hetero) is 1. The lowest BCUT2D eigenvalue weighted by Crippen LogP contribution is -2.10. The van der Waals surface area contributed by atoms with Crippen molar-refractivity contribution in [1.82, 2.24) is 0 Å². The van der Waals surface area contributed by atoms with Crippen LogP contribution >= 0.6 is 0 Å². The number of carbonyl (C=O) groups excluding carboxylic acids is 1. The van der Waals surface area contributed by atoms with Crippen molar-refractivity contribution in [2.75, 3.05) is 0 Å². The Labute approximate surface area is 137 Å². The number of hydrogen-bond acceptors (Lipinski definition) is 6. The predicted octanol–water partition coefficient (Wildman–Crippen LogP) is 2.76. The smallest absolute Gasteiger partial charge is 0.339 e. The van der Waals surface area contributed by atoms with E-state index in [0.29, 0.717) is 10.9 Å². The van der Waals surface area contributed by atoms with E-state index in [9.17, 15) is 18.0 Å². The van der Waals surface area contributed by atoms with Crippen molar-refractivity contribution in [3.63, 3.8) is 0 Å². The summed E-state index contributed by atoms with van der Waals surface area (Å²) >= 11 is 0. The highest BCUT2D eigenvalue weighted by Crippen LogP contribution is 2.22. The normalized spacial score (nSPS) is 11.4. The van der Waals surface area contributed by atoms with Crippen LogP contribution in [-0.4, -0.2) is 14.2 Å². The van der Waals surface area contributed by atoms with Crippen LogP contribution in [0.25, 0.3) is 11.0 Å².